The van der Waals surface area contributed by atoms with Crippen LogP contribution < -0.4 is 10.2 Å². The Morgan fingerprint density at radius 2 is 1.55 bits per heavy atom. The van der Waals surface area contributed by atoms with Crippen LogP contribution in [0.15, 0.2) is 94.1 Å². The molecule has 0 atom stereocenters. The van der Waals surface area contributed by atoms with Gasteiger partial charge < -0.3 is 9.15 Å². The molecular weight excluding hydrogens is 412 g/mol. The standard InChI is InChI=1S/C29H22O4/c1-18-10-13-21(14-11-18)28-29(27(31)24-15-12-19(2)16-26(24)33-28)32-17-25(30)23-9-5-7-20-6-3-4-8-22(20)23/h3-16H,17H2,1-2H3. The van der Waals surface area contributed by atoms with Crippen LogP contribution in [0.1, 0.15) is 21.5 Å². The third kappa shape index (κ3) is 3.92. The van der Waals surface area contributed by atoms with Crippen LogP contribution in [0.3, 0.4) is 0 Å². The number of hydrogen-bond donors (Lipinski definition) is 0. The number of ketones is 1. The molecular formula is C29H22O4. The van der Waals surface area contributed by atoms with Gasteiger partial charge in [0.2, 0.25) is 17.0 Å². The largest absolute Gasteiger partial charge is 0.478 e. The summed E-state index contributed by atoms with van der Waals surface area (Å²) in [5.74, 6) is 0.165. The van der Waals surface area contributed by atoms with Crippen LogP contribution in [0.2, 0.25) is 0 Å². The van der Waals surface area contributed by atoms with E-state index in [-0.39, 0.29) is 23.6 Å². The number of rotatable bonds is 5. The van der Waals surface area contributed by atoms with Crippen LogP contribution in [0.25, 0.3) is 33.1 Å². The molecule has 0 aliphatic carbocycles. The fraction of sp³-hybridized carbons (Fsp3) is 0.103. The highest BCUT2D eigenvalue weighted by Crippen LogP contribution is 2.31. The SMILES string of the molecule is Cc1ccc(-c2oc3cc(C)ccc3c(=O)c2OCC(=O)c2cccc3ccccc23)cc1. The van der Waals surface area contributed by atoms with Crippen LogP contribution in [0.5, 0.6) is 5.75 Å². The molecule has 4 heteroatoms. The first-order chi connectivity index (χ1) is 16.0. The maximum absolute atomic E-state index is 13.4. The van der Waals surface area contributed by atoms with E-state index in [2.05, 4.69) is 0 Å². The zero-order valence-corrected chi connectivity index (χ0v) is 18.4. The second-order valence-electron chi connectivity index (χ2n) is 8.19. The van der Waals surface area contributed by atoms with Gasteiger partial charge in [-0.25, -0.2) is 0 Å². The summed E-state index contributed by atoms with van der Waals surface area (Å²) in [7, 11) is 0. The Labute approximate surface area is 191 Å². The van der Waals surface area contributed by atoms with E-state index in [1.807, 2.05) is 86.6 Å². The van der Waals surface area contributed by atoms with E-state index < -0.39 is 0 Å². The predicted molar refractivity (Wildman–Crippen MR) is 131 cm³/mol. The highest BCUT2D eigenvalue weighted by molar-refractivity contribution is 6.08. The zero-order chi connectivity index (χ0) is 22.9. The lowest BCUT2D eigenvalue weighted by Gasteiger charge is -2.12. The molecule has 1 heterocycles. The fourth-order valence-electron chi connectivity index (χ4n) is 3.99. The molecule has 4 nitrogen and oxygen atoms in total. The minimum absolute atomic E-state index is 0.0452. The lowest BCUT2D eigenvalue weighted by Crippen LogP contribution is -2.17. The van der Waals surface area contributed by atoms with Crippen molar-refractivity contribution in [3.63, 3.8) is 0 Å². The van der Waals surface area contributed by atoms with Crippen molar-refractivity contribution < 1.29 is 13.9 Å². The lowest BCUT2D eigenvalue weighted by atomic mass is 10.0. The summed E-state index contributed by atoms with van der Waals surface area (Å²) < 4.78 is 12.1. The minimum atomic E-state index is -0.294. The summed E-state index contributed by atoms with van der Waals surface area (Å²) in [6.07, 6.45) is 0. The van der Waals surface area contributed by atoms with Gasteiger partial charge in [0.15, 0.2) is 12.4 Å². The third-order valence-electron chi connectivity index (χ3n) is 5.76. The van der Waals surface area contributed by atoms with Gasteiger partial charge in [0.1, 0.15) is 5.58 Å². The molecule has 0 aliphatic rings. The topological polar surface area (TPSA) is 56.5 Å². The van der Waals surface area contributed by atoms with Gasteiger partial charge in [0.25, 0.3) is 0 Å². The number of Topliss-reactive ketones (excluding diaryl/α,β-unsaturated/α-hetero) is 1. The molecule has 0 N–H and O–H groups in total. The van der Waals surface area contributed by atoms with Crippen molar-refractivity contribution in [3.05, 3.63) is 112 Å². The second-order valence-corrected chi connectivity index (χ2v) is 8.19. The Kier molecular flexibility index (Phi) is 5.27. The Bertz CT molecular complexity index is 1550. The van der Waals surface area contributed by atoms with E-state index in [1.165, 1.54) is 0 Å². The van der Waals surface area contributed by atoms with Crippen LogP contribution in [-0.4, -0.2) is 12.4 Å². The van der Waals surface area contributed by atoms with Crippen LogP contribution in [-0.2, 0) is 0 Å². The van der Waals surface area contributed by atoms with Gasteiger partial charge in [-0.05, 0) is 42.3 Å². The Morgan fingerprint density at radius 1 is 0.818 bits per heavy atom. The molecule has 33 heavy (non-hydrogen) atoms. The maximum atomic E-state index is 13.4. The van der Waals surface area contributed by atoms with Crippen molar-refractivity contribution in [2.24, 2.45) is 0 Å². The number of aryl methyl sites for hydroxylation is 2. The van der Waals surface area contributed by atoms with Gasteiger partial charge in [-0.3, -0.25) is 9.59 Å². The Hall–Kier alpha value is -4.18. The molecule has 0 saturated carbocycles. The molecule has 0 unspecified atom stereocenters. The van der Waals surface area contributed by atoms with Gasteiger partial charge in [0.05, 0.1) is 5.39 Å². The summed E-state index contributed by atoms with van der Waals surface area (Å²) in [4.78, 5) is 26.5. The van der Waals surface area contributed by atoms with Gasteiger partial charge >= 0.3 is 0 Å². The summed E-state index contributed by atoms with van der Waals surface area (Å²) in [6.45, 7) is 3.66. The third-order valence-corrected chi connectivity index (χ3v) is 5.76. The molecule has 162 valence electrons. The van der Waals surface area contributed by atoms with Gasteiger partial charge in [-0.15, -0.1) is 0 Å². The van der Waals surface area contributed by atoms with Gasteiger partial charge in [0, 0.05) is 11.1 Å². The van der Waals surface area contributed by atoms with Crippen molar-refractivity contribution in [1.29, 1.82) is 0 Å². The van der Waals surface area contributed by atoms with E-state index in [4.69, 9.17) is 9.15 Å². The van der Waals surface area contributed by atoms with E-state index in [1.54, 1.807) is 12.1 Å². The van der Waals surface area contributed by atoms with E-state index in [0.717, 1.165) is 21.9 Å². The molecule has 0 spiro atoms. The normalized spacial score (nSPS) is 11.1. The van der Waals surface area contributed by atoms with Crippen molar-refractivity contribution in [1.82, 2.24) is 0 Å². The first-order valence-electron chi connectivity index (χ1n) is 10.8. The van der Waals surface area contributed by atoms with Crippen molar-refractivity contribution in [3.8, 4) is 17.1 Å². The lowest BCUT2D eigenvalue weighted by molar-refractivity contribution is 0.0922. The molecule has 0 amide bonds. The maximum Gasteiger partial charge on any atom is 0.235 e. The van der Waals surface area contributed by atoms with Crippen molar-refractivity contribution in [2.45, 2.75) is 13.8 Å². The summed E-state index contributed by atoms with van der Waals surface area (Å²) in [5, 5.41) is 2.25. The first kappa shape index (κ1) is 20.7. The zero-order valence-electron chi connectivity index (χ0n) is 18.4. The van der Waals surface area contributed by atoms with E-state index in [0.29, 0.717) is 27.9 Å². The highest BCUT2D eigenvalue weighted by Gasteiger charge is 2.20. The Balaban J connectivity index is 1.58. The first-order valence-corrected chi connectivity index (χ1v) is 10.8. The smallest absolute Gasteiger partial charge is 0.235 e. The summed E-state index contributed by atoms with van der Waals surface area (Å²) >= 11 is 0. The molecule has 0 aliphatic heterocycles. The molecule has 1 aromatic heterocycles. The predicted octanol–water partition coefficient (Wildman–Crippen LogP) is 6.49. The number of carbonyl (C=O) groups is 1. The second kappa shape index (κ2) is 8.40. The number of carbonyl (C=O) groups excluding carboxylic acids is 1. The molecule has 0 radical (unpaired) electrons. The number of ether oxygens (including phenoxy) is 1. The van der Waals surface area contributed by atoms with Crippen molar-refractivity contribution >= 4 is 27.5 Å². The minimum Gasteiger partial charge on any atom is -0.478 e. The molecule has 0 saturated heterocycles. The van der Waals surface area contributed by atoms with Crippen molar-refractivity contribution in [2.75, 3.05) is 6.61 Å². The molecule has 0 fully saturated rings. The monoisotopic (exact) mass is 434 g/mol. The molecule has 4 aromatic carbocycles. The number of fused-ring (bicyclic) bond motifs is 2. The van der Waals surface area contributed by atoms with Crippen LogP contribution in [0, 0.1) is 13.8 Å². The Morgan fingerprint density at radius 3 is 2.36 bits per heavy atom. The molecule has 0 bridgehead atoms. The van der Waals surface area contributed by atoms with Crippen LogP contribution in [0.4, 0.5) is 0 Å². The average Bonchev–Trinajstić information content (AvgIpc) is 2.83. The number of hydrogen-bond acceptors (Lipinski definition) is 4. The van der Waals surface area contributed by atoms with E-state index >= 15 is 0 Å². The van der Waals surface area contributed by atoms with Gasteiger partial charge in [-0.1, -0.05) is 78.4 Å². The summed E-state index contributed by atoms with van der Waals surface area (Å²) in [5.41, 5.74) is 3.55. The summed E-state index contributed by atoms with van der Waals surface area (Å²) in [6, 6.07) is 26.4. The van der Waals surface area contributed by atoms with Gasteiger partial charge in [-0.2, -0.15) is 0 Å². The fourth-order valence-corrected chi connectivity index (χ4v) is 3.99. The molecule has 5 rings (SSSR count). The van der Waals surface area contributed by atoms with E-state index in [9.17, 15) is 9.59 Å². The number of benzene rings is 4. The molecule has 5 aromatic rings. The average molecular weight is 434 g/mol. The van der Waals surface area contributed by atoms with Crippen LogP contribution >= 0.6 is 0 Å². The quantitative estimate of drug-likeness (QED) is 0.297. The highest BCUT2D eigenvalue weighted by atomic mass is 16.5.